The van der Waals surface area contributed by atoms with Gasteiger partial charge in [-0.3, -0.25) is 4.68 Å². The van der Waals surface area contributed by atoms with Crippen molar-refractivity contribution in [3.8, 4) is 5.75 Å². The van der Waals surface area contributed by atoms with Crippen molar-refractivity contribution < 1.29 is 4.74 Å². The molecule has 17 heavy (non-hydrogen) atoms. The Morgan fingerprint density at radius 3 is 2.59 bits per heavy atom. The topological polar surface area (TPSA) is 27.1 Å². The van der Waals surface area contributed by atoms with Gasteiger partial charge in [-0.2, -0.15) is 5.10 Å². The smallest absolute Gasteiger partial charge is 0.131 e. The normalized spacial score (nSPS) is 10.5. The zero-order chi connectivity index (χ0) is 12.3. The highest BCUT2D eigenvalue weighted by Crippen LogP contribution is 2.22. The van der Waals surface area contributed by atoms with Crippen LogP contribution >= 0.6 is 11.6 Å². The molecule has 0 saturated carbocycles. The first kappa shape index (κ1) is 12.0. The molecule has 3 nitrogen and oxygen atoms in total. The van der Waals surface area contributed by atoms with Gasteiger partial charge in [0.15, 0.2) is 0 Å². The van der Waals surface area contributed by atoms with Crippen molar-refractivity contribution >= 4 is 11.6 Å². The van der Waals surface area contributed by atoms with Crippen LogP contribution in [0.15, 0.2) is 30.3 Å². The Morgan fingerprint density at radius 2 is 2.00 bits per heavy atom. The van der Waals surface area contributed by atoms with Crippen molar-refractivity contribution in [2.75, 3.05) is 0 Å². The minimum Gasteiger partial charge on any atom is -0.487 e. The van der Waals surface area contributed by atoms with E-state index in [0.717, 1.165) is 23.6 Å². The predicted molar refractivity (Wildman–Crippen MR) is 68.4 cm³/mol. The Bertz CT molecular complexity index is 494. The zero-order valence-electron chi connectivity index (χ0n) is 9.98. The van der Waals surface area contributed by atoms with Crippen molar-refractivity contribution in [1.82, 2.24) is 9.78 Å². The van der Waals surface area contributed by atoms with E-state index in [9.17, 15) is 0 Å². The molecule has 0 atom stereocenters. The lowest BCUT2D eigenvalue weighted by atomic mass is 10.3. The number of rotatable bonds is 4. The van der Waals surface area contributed by atoms with Crippen LogP contribution in [0.1, 0.15) is 18.3 Å². The maximum Gasteiger partial charge on any atom is 0.131 e. The minimum absolute atomic E-state index is 0.437. The average Bonchev–Trinajstić information content (AvgIpc) is 2.63. The third-order valence-corrected chi connectivity index (χ3v) is 3.06. The van der Waals surface area contributed by atoms with E-state index in [2.05, 4.69) is 5.10 Å². The lowest BCUT2D eigenvalue weighted by Gasteiger charge is -2.06. The molecule has 0 radical (unpaired) electrons. The molecule has 0 aliphatic rings. The summed E-state index contributed by atoms with van der Waals surface area (Å²) in [7, 11) is 1.88. The summed E-state index contributed by atoms with van der Waals surface area (Å²) in [4.78, 5) is 0. The van der Waals surface area contributed by atoms with Gasteiger partial charge in [0.2, 0.25) is 0 Å². The lowest BCUT2D eigenvalue weighted by Crippen LogP contribution is -2.03. The molecule has 0 saturated heterocycles. The average molecular weight is 251 g/mol. The maximum absolute atomic E-state index is 6.23. The number of hydrogen-bond donors (Lipinski definition) is 0. The van der Waals surface area contributed by atoms with Gasteiger partial charge in [0.1, 0.15) is 12.4 Å². The summed E-state index contributed by atoms with van der Waals surface area (Å²) in [5.74, 6) is 0.836. The standard InChI is InChI=1S/C13H15ClN2O/c1-3-11-13(14)12(16(2)15-11)9-17-10-7-5-4-6-8-10/h4-8H,3,9H2,1-2H3. The molecule has 2 rings (SSSR count). The van der Waals surface area contributed by atoms with E-state index in [-0.39, 0.29) is 0 Å². The van der Waals surface area contributed by atoms with Crippen molar-refractivity contribution in [1.29, 1.82) is 0 Å². The van der Waals surface area contributed by atoms with Gasteiger partial charge >= 0.3 is 0 Å². The summed E-state index contributed by atoms with van der Waals surface area (Å²) in [6.07, 6.45) is 0.831. The number of aryl methyl sites for hydroxylation is 2. The number of benzene rings is 1. The van der Waals surface area contributed by atoms with Crippen LogP contribution in [-0.4, -0.2) is 9.78 Å². The Labute approximate surface area is 106 Å². The predicted octanol–water partition coefficient (Wildman–Crippen LogP) is 3.21. The number of halogens is 1. The van der Waals surface area contributed by atoms with E-state index >= 15 is 0 Å². The molecule has 2 aromatic rings. The molecule has 0 aliphatic carbocycles. The Morgan fingerprint density at radius 1 is 1.29 bits per heavy atom. The third-order valence-electron chi connectivity index (χ3n) is 2.62. The van der Waals surface area contributed by atoms with Crippen LogP contribution in [0, 0.1) is 0 Å². The Kier molecular flexibility index (Phi) is 3.69. The molecule has 0 unspecified atom stereocenters. The monoisotopic (exact) mass is 250 g/mol. The van der Waals surface area contributed by atoms with Gasteiger partial charge < -0.3 is 4.74 Å². The van der Waals surface area contributed by atoms with Crippen molar-refractivity contribution in [2.45, 2.75) is 20.0 Å². The number of ether oxygens (including phenoxy) is 1. The largest absolute Gasteiger partial charge is 0.487 e. The van der Waals surface area contributed by atoms with Crippen LogP contribution in [0.3, 0.4) is 0 Å². The molecule has 90 valence electrons. The highest BCUT2D eigenvalue weighted by Gasteiger charge is 2.13. The van der Waals surface area contributed by atoms with Crippen LogP contribution in [0.2, 0.25) is 5.02 Å². The molecule has 4 heteroatoms. The molecular formula is C13H15ClN2O. The summed E-state index contributed by atoms with van der Waals surface area (Å²) in [5.41, 5.74) is 1.83. The summed E-state index contributed by atoms with van der Waals surface area (Å²) in [6.45, 7) is 2.47. The number of aromatic nitrogens is 2. The van der Waals surface area contributed by atoms with Crippen molar-refractivity contribution in [3.63, 3.8) is 0 Å². The first-order chi connectivity index (χ1) is 8.22. The molecule has 1 aromatic heterocycles. The van der Waals surface area contributed by atoms with E-state index in [0.29, 0.717) is 11.6 Å². The molecule has 1 heterocycles. The summed E-state index contributed by atoms with van der Waals surface area (Å²) in [5, 5.41) is 5.06. The fourth-order valence-electron chi connectivity index (χ4n) is 1.65. The first-order valence-corrected chi connectivity index (χ1v) is 5.98. The van der Waals surface area contributed by atoms with Gasteiger partial charge in [-0.1, -0.05) is 36.7 Å². The molecule has 1 aromatic carbocycles. The zero-order valence-corrected chi connectivity index (χ0v) is 10.7. The third kappa shape index (κ3) is 2.61. The highest BCUT2D eigenvalue weighted by molar-refractivity contribution is 6.31. The van der Waals surface area contributed by atoms with Crippen LogP contribution < -0.4 is 4.74 Å². The van der Waals surface area contributed by atoms with E-state index in [4.69, 9.17) is 16.3 Å². The van der Waals surface area contributed by atoms with E-state index in [1.165, 1.54) is 0 Å². The van der Waals surface area contributed by atoms with Crippen LogP contribution in [-0.2, 0) is 20.1 Å². The molecule has 0 aliphatic heterocycles. The summed E-state index contributed by atoms with van der Waals surface area (Å²) >= 11 is 6.23. The lowest BCUT2D eigenvalue weighted by molar-refractivity contribution is 0.295. The second-order valence-corrected chi connectivity index (χ2v) is 4.16. The van der Waals surface area contributed by atoms with Crippen molar-refractivity contribution in [3.05, 3.63) is 46.7 Å². The Balaban J connectivity index is 2.12. The van der Waals surface area contributed by atoms with E-state index < -0.39 is 0 Å². The summed E-state index contributed by atoms with van der Waals surface area (Å²) < 4.78 is 7.45. The van der Waals surface area contributed by atoms with E-state index in [1.54, 1.807) is 4.68 Å². The molecule has 0 fully saturated rings. The van der Waals surface area contributed by atoms with Gasteiger partial charge in [-0.25, -0.2) is 0 Å². The van der Waals surface area contributed by atoms with Gasteiger partial charge in [0.05, 0.1) is 16.4 Å². The van der Waals surface area contributed by atoms with Gasteiger partial charge in [-0.05, 0) is 18.6 Å². The Hall–Kier alpha value is -1.48. The minimum atomic E-state index is 0.437. The quantitative estimate of drug-likeness (QED) is 0.833. The fraction of sp³-hybridized carbons (Fsp3) is 0.308. The number of hydrogen-bond acceptors (Lipinski definition) is 2. The summed E-state index contributed by atoms with van der Waals surface area (Å²) in [6, 6.07) is 9.68. The fourth-order valence-corrected chi connectivity index (χ4v) is 1.99. The maximum atomic E-state index is 6.23. The van der Waals surface area contributed by atoms with Crippen LogP contribution in [0.25, 0.3) is 0 Å². The van der Waals surface area contributed by atoms with E-state index in [1.807, 2.05) is 44.3 Å². The van der Waals surface area contributed by atoms with Gasteiger partial charge in [0, 0.05) is 7.05 Å². The second kappa shape index (κ2) is 5.23. The van der Waals surface area contributed by atoms with Gasteiger partial charge in [-0.15, -0.1) is 0 Å². The molecular weight excluding hydrogens is 236 g/mol. The second-order valence-electron chi connectivity index (χ2n) is 3.79. The first-order valence-electron chi connectivity index (χ1n) is 5.60. The molecule has 0 N–H and O–H groups in total. The number of nitrogens with zero attached hydrogens (tertiary/aromatic N) is 2. The molecule has 0 spiro atoms. The van der Waals surface area contributed by atoms with Crippen molar-refractivity contribution in [2.24, 2.45) is 7.05 Å². The number of para-hydroxylation sites is 1. The molecule has 0 bridgehead atoms. The molecule has 0 amide bonds. The SMILES string of the molecule is CCc1nn(C)c(COc2ccccc2)c1Cl. The highest BCUT2D eigenvalue weighted by atomic mass is 35.5. The van der Waals surface area contributed by atoms with Crippen LogP contribution in [0.4, 0.5) is 0 Å². The van der Waals surface area contributed by atoms with Crippen LogP contribution in [0.5, 0.6) is 5.75 Å². The van der Waals surface area contributed by atoms with Gasteiger partial charge in [0.25, 0.3) is 0 Å².